The van der Waals surface area contributed by atoms with E-state index in [1.165, 1.54) is 27.7 Å². The van der Waals surface area contributed by atoms with Gasteiger partial charge in [0.1, 0.15) is 0 Å². The van der Waals surface area contributed by atoms with E-state index >= 15 is 0 Å². The summed E-state index contributed by atoms with van der Waals surface area (Å²) in [7, 11) is -6.00. The number of halogens is 4. The molecule has 1 heterocycles. The molecule has 0 spiro atoms. The molecule has 1 nitrogen and oxygen atoms in total. The van der Waals surface area contributed by atoms with Crippen molar-refractivity contribution in [2.24, 2.45) is 0 Å². The molecule has 27 heavy (non-hydrogen) atoms. The van der Waals surface area contributed by atoms with Gasteiger partial charge in [0, 0.05) is 29.8 Å². The predicted molar refractivity (Wildman–Crippen MR) is 101 cm³/mol. The maximum absolute atomic E-state index is 9.75. The molecule has 6 heteroatoms. The monoisotopic (exact) mass is 369 g/mol. The summed E-state index contributed by atoms with van der Waals surface area (Å²) >= 11 is 0. The molecule has 0 N–H and O–H groups in total. The number of rotatable bonds is 2. The largest absolute Gasteiger partial charge is 0.673 e. The number of pyridine rings is 1. The number of hydrogen-bond donors (Lipinski definition) is 0. The van der Waals surface area contributed by atoms with Gasteiger partial charge in [-0.1, -0.05) is 60.7 Å². The van der Waals surface area contributed by atoms with Crippen LogP contribution in [0.1, 0.15) is 0 Å². The Morgan fingerprint density at radius 2 is 1.11 bits per heavy atom. The predicted octanol–water partition coefficient (Wildman–Crippen LogP) is 6.08. The van der Waals surface area contributed by atoms with Gasteiger partial charge in [-0.05, 0) is 11.6 Å². The van der Waals surface area contributed by atoms with E-state index < -0.39 is 7.25 Å². The highest BCUT2D eigenvalue weighted by Gasteiger charge is 2.20. The number of nitrogens with zero attached hydrogens (tertiary/aromatic N) is 1. The topological polar surface area (TPSA) is 3.88 Å². The Labute approximate surface area is 154 Å². The molecule has 0 aliphatic carbocycles. The van der Waals surface area contributed by atoms with Gasteiger partial charge in [-0.25, -0.2) is 0 Å². The van der Waals surface area contributed by atoms with E-state index in [9.17, 15) is 17.3 Å². The van der Waals surface area contributed by atoms with E-state index in [0.29, 0.717) is 0 Å². The van der Waals surface area contributed by atoms with Gasteiger partial charge in [0.15, 0.2) is 6.20 Å². The van der Waals surface area contributed by atoms with Crippen LogP contribution in [0, 0.1) is 0 Å². The second-order valence-electron chi connectivity index (χ2n) is 5.81. The number of aromatic nitrogens is 1. The summed E-state index contributed by atoms with van der Waals surface area (Å²) in [5.74, 6) is 0. The molecular formula is C21H16BF4N. The maximum atomic E-state index is 9.75. The molecule has 0 bridgehead atoms. The van der Waals surface area contributed by atoms with Crippen LogP contribution in [0.5, 0.6) is 0 Å². The third kappa shape index (κ3) is 4.94. The molecule has 0 aliphatic rings. The smallest absolute Gasteiger partial charge is 0.418 e. The van der Waals surface area contributed by atoms with Crippen LogP contribution in [0.25, 0.3) is 27.7 Å². The molecule has 3 aromatic carbocycles. The van der Waals surface area contributed by atoms with Crippen molar-refractivity contribution in [3.63, 3.8) is 0 Å². The van der Waals surface area contributed by atoms with Gasteiger partial charge in [0.05, 0.1) is 5.39 Å². The molecule has 136 valence electrons. The zero-order valence-electron chi connectivity index (χ0n) is 14.3. The summed E-state index contributed by atoms with van der Waals surface area (Å²) in [6, 6.07) is 31.8. The van der Waals surface area contributed by atoms with Crippen LogP contribution in [0.4, 0.5) is 17.3 Å². The zero-order valence-corrected chi connectivity index (χ0v) is 14.3. The van der Waals surface area contributed by atoms with Gasteiger partial charge in [-0.3, -0.25) is 0 Å². The third-order valence-electron chi connectivity index (χ3n) is 3.96. The zero-order chi connectivity index (χ0) is 19.3. The minimum atomic E-state index is -6.00. The van der Waals surface area contributed by atoms with Gasteiger partial charge < -0.3 is 17.3 Å². The lowest BCUT2D eigenvalue weighted by molar-refractivity contribution is -0.567. The fraction of sp³-hybridized carbons (Fsp3) is 0. The second-order valence-corrected chi connectivity index (χ2v) is 5.81. The Morgan fingerprint density at radius 1 is 0.593 bits per heavy atom. The molecule has 0 radical (unpaired) electrons. The van der Waals surface area contributed by atoms with Gasteiger partial charge in [0.2, 0.25) is 11.2 Å². The fourth-order valence-corrected chi connectivity index (χ4v) is 2.91. The lowest BCUT2D eigenvalue weighted by Crippen LogP contribution is -2.30. The Hall–Kier alpha value is -3.15. The SMILES string of the molecule is F[B-](F)(F)F.c1ccc(-c2cc[n+](-c3ccccc3)c3ccccc23)cc1. The molecule has 0 fully saturated rings. The molecular weight excluding hydrogens is 353 g/mol. The van der Waals surface area contributed by atoms with Crippen molar-refractivity contribution >= 4 is 18.2 Å². The average Bonchev–Trinajstić information content (AvgIpc) is 2.67. The van der Waals surface area contributed by atoms with Gasteiger partial charge in [-0.2, -0.15) is 4.57 Å². The quantitative estimate of drug-likeness (QED) is 0.229. The fourth-order valence-electron chi connectivity index (χ4n) is 2.91. The minimum Gasteiger partial charge on any atom is -0.418 e. The maximum Gasteiger partial charge on any atom is 0.673 e. The van der Waals surface area contributed by atoms with Crippen LogP contribution >= 0.6 is 0 Å². The van der Waals surface area contributed by atoms with E-state index in [-0.39, 0.29) is 0 Å². The number of hydrogen-bond acceptors (Lipinski definition) is 0. The van der Waals surface area contributed by atoms with Gasteiger partial charge in [0.25, 0.3) is 0 Å². The molecule has 0 unspecified atom stereocenters. The average molecular weight is 369 g/mol. The first-order valence-electron chi connectivity index (χ1n) is 8.35. The minimum absolute atomic E-state index is 1.18. The molecule has 0 atom stereocenters. The summed E-state index contributed by atoms with van der Waals surface area (Å²) in [4.78, 5) is 0. The van der Waals surface area contributed by atoms with E-state index in [1.807, 2.05) is 6.07 Å². The first kappa shape index (κ1) is 18.6. The van der Waals surface area contributed by atoms with Crippen molar-refractivity contribution in [3.8, 4) is 16.8 Å². The van der Waals surface area contributed by atoms with Gasteiger partial charge >= 0.3 is 7.25 Å². The summed E-state index contributed by atoms with van der Waals surface area (Å²) in [6.45, 7) is 0. The third-order valence-corrected chi connectivity index (χ3v) is 3.96. The standard InChI is InChI=1S/C21H16N.BF4/c1-3-9-17(10-4-1)19-15-16-22(18-11-5-2-6-12-18)21-14-8-7-13-20(19)21;2-1(3,4)5/h1-16H;/q+1;-1. The molecule has 1 aromatic heterocycles. The normalized spacial score (nSPS) is 11.0. The van der Waals surface area contributed by atoms with Crippen LogP contribution in [0.15, 0.2) is 97.2 Å². The van der Waals surface area contributed by atoms with Crippen molar-refractivity contribution < 1.29 is 21.8 Å². The Bertz CT molecular complexity index is 934. The number of fused-ring (bicyclic) bond motifs is 1. The lowest BCUT2D eigenvalue weighted by Gasteiger charge is -2.07. The highest BCUT2D eigenvalue weighted by Crippen LogP contribution is 2.26. The van der Waals surface area contributed by atoms with Gasteiger partial charge in [-0.15, -0.1) is 0 Å². The molecule has 4 aromatic rings. The molecule has 0 saturated heterocycles. The second kappa shape index (κ2) is 8.04. The summed E-state index contributed by atoms with van der Waals surface area (Å²) in [5.41, 5.74) is 4.91. The number of para-hydroxylation sites is 2. The van der Waals surface area contributed by atoms with E-state index in [0.717, 1.165) is 0 Å². The first-order chi connectivity index (χ1) is 12.9. The molecule has 0 amide bonds. The van der Waals surface area contributed by atoms with Crippen molar-refractivity contribution in [1.82, 2.24) is 0 Å². The Balaban J connectivity index is 0.000000376. The van der Waals surface area contributed by atoms with Crippen molar-refractivity contribution in [2.75, 3.05) is 0 Å². The summed E-state index contributed by atoms with van der Waals surface area (Å²) < 4.78 is 41.2. The highest BCUT2D eigenvalue weighted by molar-refractivity contribution is 6.50. The molecule has 0 saturated carbocycles. The van der Waals surface area contributed by atoms with E-state index in [1.54, 1.807) is 0 Å². The van der Waals surface area contributed by atoms with Crippen molar-refractivity contribution in [2.45, 2.75) is 0 Å². The van der Waals surface area contributed by atoms with Crippen LogP contribution in [0.3, 0.4) is 0 Å². The summed E-state index contributed by atoms with van der Waals surface area (Å²) in [5, 5.41) is 1.26. The Kier molecular flexibility index (Phi) is 5.55. The lowest BCUT2D eigenvalue weighted by atomic mass is 10.0. The van der Waals surface area contributed by atoms with Crippen LogP contribution in [0.2, 0.25) is 0 Å². The first-order valence-corrected chi connectivity index (χ1v) is 8.35. The van der Waals surface area contributed by atoms with Crippen LogP contribution in [-0.4, -0.2) is 7.25 Å². The highest BCUT2D eigenvalue weighted by atomic mass is 19.5. The van der Waals surface area contributed by atoms with Crippen molar-refractivity contribution in [3.05, 3.63) is 97.2 Å². The number of benzene rings is 3. The van der Waals surface area contributed by atoms with Crippen molar-refractivity contribution in [1.29, 1.82) is 0 Å². The van der Waals surface area contributed by atoms with E-state index in [2.05, 4.69) is 95.7 Å². The molecule has 0 aliphatic heterocycles. The summed E-state index contributed by atoms with van der Waals surface area (Å²) in [6.07, 6.45) is 2.15. The van der Waals surface area contributed by atoms with Crippen LogP contribution in [-0.2, 0) is 0 Å². The van der Waals surface area contributed by atoms with E-state index in [4.69, 9.17) is 0 Å². The Morgan fingerprint density at radius 3 is 1.74 bits per heavy atom. The molecule has 4 rings (SSSR count). The van der Waals surface area contributed by atoms with Crippen LogP contribution < -0.4 is 4.57 Å².